The summed E-state index contributed by atoms with van der Waals surface area (Å²) in [7, 11) is 0. The van der Waals surface area contributed by atoms with Gasteiger partial charge in [0.15, 0.2) is 11.5 Å². The van der Waals surface area contributed by atoms with Gasteiger partial charge in [-0.1, -0.05) is 26.7 Å². The predicted molar refractivity (Wildman–Crippen MR) is 78.1 cm³/mol. The third-order valence-corrected chi connectivity index (χ3v) is 3.60. The number of anilines is 2. The lowest BCUT2D eigenvalue weighted by Crippen LogP contribution is -2.30. The van der Waals surface area contributed by atoms with Crippen LogP contribution in [0.5, 0.6) is 0 Å². The summed E-state index contributed by atoms with van der Waals surface area (Å²) in [5.74, 6) is 1.79. The van der Waals surface area contributed by atoms with Crippen molar-refractivity contribution < 1.29 is 0 Å². The molecule has 104 valence electrons. The predicted octanol–water partition coefficient (Wildman–Crippen LogP) is 2.20. The Morgan fingerprint density at radius 2 is 2.00 bits per heavy atom. The summed E-state index contributed by atoms with van der Waals surface area (Å²) in [6.07, 6.45) is 3.96. The molecule has 6 heteroatoms. The van der Waals surface area contributed by atoms with E-state index in [9.17, 15) is 0 Å². The van der Waals surface area contributed by atoms with Crippen LogP contribution in [0.15, 0.2) is 6.33 Å². The minimum absolute atomic E-state index is 0.276. The van der Waals surface area contributed by atoms with Crippen molar-refractivity contribution in [2.75, 3.05) is 23.7 Å². The lowest BCUT2D eigenvalue weighted by atomic mass is 10.0. The molecule has 19 heavy (non-hydrogen) atoms. The van der Waals surface area contributed by atoms with E-state index < -0.39 is 0 Å². The summed E-state index contributed by atoms with van der Waals surface area (Å²) >= 11 is 0. The number of fused-ring (bicyclic) bond motifs is 1. The first-order chi connectivity index (χ1) is 9.19. The van der Waals surface area contributed by atoms with Crippen molar-refractivity contribution in [1.29, 1.82) is 0 Å². The van der Waals surface area contributed by atoms with Crippen molar-refractivity contribution in [1.82, 2.24) is 19.9 Å². The molecule has 0 aliphatic carbocycles. The molecule has 0 radical (unpaired) electrons. The van der Waals surface area contributed by atoms with Gasteiger partial charge in [-0.15, -0.1) is 0 Å². The van der Waals surface area contributed by atoms with Crippen molar-refractivity contribution in [3.8, 4) is 0 Å². The van der Waals surface area contributed by atoms with Gasteiger partial charge in [-0.05, 0) is 12.8 Å². The number of aromatic nitrogens is 4. The Morgan fingerprint density at radius 1 is 1.26 bits per heavy atom. The first-order valence-corrected chi connectivity index (χ1v) is 6.91. The number of nitrogen functional groups attached to an aromatic ring is 1. The summed E-state index contributed by atoms with van der Waals surface area (Å²) in [4.78, 5) is 18.0. The first-order valence-electron chi connectivity index (χ1n) is 6.91. The van der Waals surface area contributed by atoms with Gasteiger partial charge >= 0.3 is 0 Å². The number of nitrogens with zero attached hydrogens (tertiary/aromatic N) is 4. The third-order valence-electron chi connectivity index (χ3n) is 3.60. The highest BCUT2D eigenvalue weighted by atomic mass is 15.2. The van der Waals surface area contributed by atoms with E-state index in [4.69, 9.17) is 5.73 Å². The van der Waals surface area contributed by atoms with Crippen LogP contribution in [0.3, 0.4) is 0 Å². The number of H-pyrrole nitrogens is 1. The molecule has 0 unspecified atom stereocenters. The number of nitrogens with one attached hydrogen (secondary N) is 1. The second-order valence-electron chi connectivity index (χ2n) is 4.73. The molecular weight excluding hydrogens is 240 g/mol. The first kappa shape index (κ1) is 13.6. The second-order valence-corrected chi connectivity index (χ2v) is 4.73. The van der Waals surface area contributed by atoms with Crippen LogP contribution in [-0.2, 0) is 0 Å². The van der Waals surface area contributed by atoms with Crippen LogP contribution in [0.1, 0.15) is 33.6 Å². The van der Waals surface area contributed by atoms with Gasteiger partial charge in [0.05, 0.1) is 6.33 Å². The van der Waals surface area contributed by atoms with E-state index in [0.717, 1.165) is 24.4 Å². The third kappa shape index (κ3) is 2.77. The minimum Gasteiger partial charge on any atom is -0.368 e. The average molecular weight is 262 g/mol. The quantitative estimate of drug-likeness (QED) is 0.833. The van der Waals surface area contributed by atoms with Crippen molar-refractivity contribution in [3.63, 3.8) is 0 Å². The topological polar surface area (TPSA) is 83.7 Å². The largest absolute Gasteiger partial charge is 0.368 e. The number of rotatable bonds is 6. The summed E-state index contributed by atoms with van der Waals surface area (Å²) in [5.41, 5.74) is 7.26. The van der Waals surface area contributed by atoms with Gasteiger partial charge in [0.25, 0.3) is 0 Å². The van der Waals surface area contributed by atoms with Crippen molar-refractivity contribution in [2.45, 2.75) is 33.6 Å². The smallest absolute Gasteiger partial charge is 0.224 e. The summed E-state index contributed by atoms with van der Waals surface area (Å²) in [5, 5.41) is 0. The maximum Gasteiger partial charge on any atom is 0.224 e. The molecule has 0 bridgehead atoms. The summed E-state index contributed by atoms with van der Waals surface area (Å²) in [6.45, 7) is 8.45. The fraction of sp³-hybridized carbons (Fsp3) is 0.615. The van der Waals surface area contributed by atoms with Gasteiger partial charge in [-0.3, -0.25) is 0 Å². The number of hydrogen-bond donors (Lipinski definition) is 2. The molecule has 0 aromatic carbocycles. The minimum atomic E-state index is 0.276. The molecule has 6 nitrogen and oxygen atoms in total. The molecule has 2 rings (SSSR count). The summed E-state index contributed by atoms with van der Waals surface area (Å²) < 4.78 is 0. The van der Waals surface area contributed by atoms with Gasteiger partial charge in [-0.25, -0.2) is 4.98 Å². The van der Waals surface area contributed by atoms with E-state index >= 15 is 0 Å². The molecule has 2 aromatic rings. The maximum atomic E-state index is 5.77. The highest BCUT2D eigenvalue weighted by molar-refractivity contribution is 5.84. The molecule has 3 N–H and O–H groups in total. The van der Waals surface area contributed by atoms with Crippen LogP contribution in [0.25, 0.3) is 11.2 Å². The Morgan fingerprint density at radius 3 is 2.63 bits per heavy atom. The molecule has 2 aromatic heterocycles. The molecule has 0 atom stereocenters. The van der Waals surface area contributed by atoms with Crippen molar-refractivity contribution >= 4 is 22.9 Å². The molecule has 0 fully saturated rings. The van der Waals surface area contributed by atoms with Gasteiger partial charge in [0, 0.05) is 13.1 Å². The molecule has 0 spiro atoms. The molecule has 0 amide bonds. The fourth-order valence-corrected chi connectivity index (χ4v) is 2.29. The maximum absolute atomic E-state index is 5.77. The van der Waals surface area contributed by atoms with Crippen LogP contribution in [0.2, 0.25) is 0 Å². The van der Waals surface area contributed by atoms with Crippen molar-refractivity contribution in [2.24, 2.45) is 5.92 Å². The molecule has 0 aliphatic heterocycles. The van der Waals surface area contributed by atoms with E-state index in [0.29, 0.717) is 11.6 Å². The average Bonchev–Trinajstić information content (AvgIpc) is 2.87. The standard InChI is InChI=1S/C13H22N6/c1-4-9(5-2)7-19(6-3)12-10-11(16-8-15-10)17-13(14)18-12/h8-9H,4-7H2,1-3H3,(H3,14,15,16,17,18). The zero-order chi connectivity index (χ0) is 13.8. The molecule has 2 heterocycles. The van der Waals surface area contributed by atoms with Crippen LogP contribution >= 0.6 is 0 Å². The van der Waals surface area contributed by atoms with Gasteiger partial charge in [-0.2, -0.15) is 9.97 Å². The Balaban J connectivity index is 2.36. The molecular formula is C13H22N6. The number of hydrogen-bond acceptors (Lipinski definition) is 5. The lowest BCUT2D eigenvalue weighted by molar-refractivity contribution is 0.485. The molecule has 0 saturated carbocycles. The van der Waals surface area contributed by atoms with E-state index in [-0.39, 0.29) is 5.95 Å². The normalized spacial score (nSPS) is 11.4. The number of aromatic amines is 1. The monoisotopic (exact) mass is 262 g/mol. The molecule has 0 saturated heterocycles. The Kier molecular flexibility index (Phi) is 4.19. The van der Waals surface area contributed by atoms with E-state index in [2.05, 4.69) is 45.6 Å². The fourth-order valence-electron chi connectivity index (χ4n) is 2.29. The summed E-state index contributed by atoms with van der Waals surface area (Å²) in [6, 6.07) is 0. The van der Waals surface area contributed by atoms with Gasteiger partial charge < -0.3 is 15.6 Å². The van der Waals surface area contributed by atoms with Gasteiger partial charge in [0.1, 0.15) is 5.52 Å². The Bertz CT molecular complexity index is 531. The SMILES string of the molecule is CCC(CC)CN(CC)c1nc(N)nc2nc[nH]c12. The van der Waals surface area contributed by atoms with E-state index in [1.54, 1.807) is 6.33 Å². The lowest BCUT2D eigenvalue weighted by Gasteiger charge is -2.26. The van der Waals surface area contributed by atoms with Crippen LogP contribution < -0.4 is 10.6 Å². The second kappa shape index (κ2) is 5.86. The number of imidazole rings is 1. The van der Waals surface area contributed by atoms with E-state index in [1.165, 1.54) is 12.8 Å². The zero-order valence-corrected chi connectivity index (χ0v) is 11.8. The Labute approximate surface area is 113 Å². The zero-order valence-electron chi connectivity index (χ0n) is 11.8. The van der Waals surface area contributed by atoms with E-state index in [1.807, 2.05) is 0 Å². The van der Waals surface area contributed by atoms with Crippen LogP contribution in [-0.4, -0.2) is 33.0 Å². The van der Waals surface area contributed by atoms with Crippen LogP contribution in [0, 0.1) is 5.92 Å². The highest BCUT2D eigenvalue weighted by Crippen LogP contribution is 2.23. The van der Waals surface area contributed by atoms with Gasteiger partial charge in [0.2, 0.25) is 5.95 Å². The van der Waals surface area contributed by atoms with Crippen molar-refractivity contribution in [3.05, 3.63) is 6.33 Å². The number of nitrogens with two attached hydrogens (primary N) is 1. The highest BCUT2D eigenvalue weighted by Gasteiger charge is 2.17. The Hall–Kier alpha value is -1.85. The van der Waals surface area contributed by atoms with Crippen LogP contribution in [0.4, 0.5) is 11.8 Å². The molecule has 0 aliphatic rings.